The Hall–Kier alpha value is -0.500. The number of ether oxygens (including phenoxy) is 2. The summed E-state index contributed by atoms with van der Waals surface area (Å²) in [5.74, 6) is 0. The Morgan fingerprint density at radius 2 is 2.04 bits per heavy atom. The summed E-state index contributed by atoms with van der Waals surface area (Å²) in [5.41, 5.74) is -0.218. The molecule has 0 spiro atoms. The van der Waals surface area contributed by atoms with Gasteiger partial charge in [-0.2, -0.15) is 0 Å². The monoisotopic (exact) mass is 370 g/mol. The molecule has 2 heterocycles. The molecular formula is C19H34N2O3S. The van der Waals surface area contributed by atoms with Crippen molar-refractivity contribution in [2.45, 2.75) is 45.9 Å². The fraction of sp³-hybridized carbons (Fsp3) is 0.789. The van der Waals surface area contributed by atoms with Crippen LogP contribution >= 0.6 is 11.3 Å². The number of hydrogen-bond donors (Lipinski definition) is 1. The highest BCUT2D eigenvalue weighted by molar-refractivity contribution is 7.11. The van der Waals surface area contributed by atoms with E-state index in [4.69, 9.17) is 9.47 Å². The van der Waals surface area contributed by atoms with E-state index in [2.05, 4.69) is 28.9 Å². The Balaban J connectivity index is 1.86. The number of aliphatic hydroxyl groups is 1. The van der Waals surface area contributed by atoms with Gasteiger partial charge in [-0.25, -0.2) is 0 Å². The molecule has 0 amide bonds. The Kier molecular flexibility index (Phi) is 8.32. The average molecular weight is 371 g/mol. The van der Waals surface area contributed by atoms with E-state index in [1.165, 1.54) is 9.75 Å². The van der Waals surface area contributed by atoms with E-state index in [1.807, 2.05) is 32.1 Å². The lowest BCUT2D eigenvalue weighted by Crippen LogP contribution is -2.43. The Morgan fingerprint density at radius 1 is 1.32 bits per heavy atom. The summed E-state index contributed by atoms with van der Waals surface area (Å²) in [5, 5.41) is 10.4. The highest BCUT2D eigenvalue weighted by Gasteiger charge is 2.18. The van der Waals surface area contributed by atoms with Gasteiger partial charge in [0.15, 0.2) is 0 Å². The van der Waals surface area contributed by atoms with Crippen molar-refractivity contribution in [2.75, 3.05) is 52.5 Å². The summed E-state index contributed by atoms with van der Waals surface area (Å²) in [6.45, 7) is 15.7. The number of rotatable bonds is 9. The van der Waals surface area contributed by atoms with Crippen LogP contribution in [0, 0.1) is 6.92 Å². The zero-order valence-electron chi connectivity index (χ0n) is 16.2. The molecule has 0 saturated carbocycles. The summed E-state index contributed by atoms with van der Waals surface area (Å²) in [4.78, 5) is 7.47. The van der Waals surface area contributed by atoms with Crippen molar-refractivity contribution in [3.63, 3.8) is 0 Å². The molecule has 0 bridgehead atoms. The quantitative estimate of drug-likeness (QED) is 0.723. The molecule has 1 aromatic rings. The largest absolute Gasteiger partial charge is 0.389 e. The number of aliphatic hydroxyl groups excluding tert-OH is 1. The number of aryl methyl sites for hydroxylation is 1. The van der Waals surface area contributed by atoms with E-state index in [0.717, 1.165) is 45.9 Å². The summed E-state index contributed by atoms with van der Waals surface area (Å²) in [7, 11) is 0. The minimum Gasteiger partial charge on any atom is -0.389 e. The van der Waals surface area contributed by atoms with Crippen molar-refractivity contribution in [3.8, 4) is 0 Å². The number of nitrogens with zero attached hydrogens (tertiary/aromatic N) is 2. The van der Waals surface area contributed by atoms with E-state index in [9.17, 15) is 5.11 Å². The molecule has 1 N–H and O–H groups in total. The summed E-state index contributed by atoms with van der Waals surface area (Å²) in [6, 6.07) is 4.36. The highest BCUT2D eigenvalue weighted by Crippen LogP contribution is 2.17. The standard InChI is InChI=1S/C19H34N2O3S/c1-16-5-6-18(25-16)14-21(8-7-20-9-11-23-12-10-20)13-17(22)15-24-19(2,3)4/h5-6,17,22H,7-15H2,1-4H3. The van der Waals surface area contributed by atoms with E-state index in [0.29, 0.717) is 13.2 Å². The van der Waals surface area contributed by atoms with Crippen LogP contribution in [-0.4, -0.2) is 79.2 Å². The van der Waals surface area contributed by atoms with Crippen LogP contribution in [-0.2, 0) is 16.0 Å². The molecule has 0 aromatic carbocycles. The van der Waals surface area contributed by atoms with Crippen molar-refractivity contribution in [2.24, 2.45) is 0 Å². The van der Waals surface area contributed by atoms with Crippen molar-refractivity contribution in [1.82, 2.24) is 9.80 Å². The van der Waals surface area contributed by atoms with Crippen LogP contribution in [0.2, 0.25) is 0 Å². The van der Waals surface area contributed by atoms with Crippen molar-refractivity contribution in [3.05, 3.63) is 21.9 Å². The minimum absolute atomic E-state index is 0.218. The van der Waals surface area contributed by atoms with E-state index < -0.39 is 6.10 Å². The second-order valence-electron chi connectivity index (χ2n) is 7.78. The molecular weight excluding hydrogens is 336 g/mol. The van der Waals surface area contributed by atoms with Gasteiger partial charge in [0.1, 0.15) is 0 Å². The predicted octanol–water partition coefficient (Wildman–Crippen LogP) is 2.37. The number of hydrogen-bond acceptors (Lipinski definition) is 6. The molecule has 1 aliphatic rings. The van der Waals surface area contributed by atoms with Gasteiger partial charge in [-0.15, -0.1) is 11.3 Å². The van der Waals surface area contributed by atoms with Crippen LogP contribution in [0.5, 0.6) is 0 Å². The molecule has 2 rings (SSSR count). The minimum atomic E-state index is -0.468. The molecule has 25 heavy (non-hydrogen) atoms. The van der Waals surface area contributed by atoms with Crippen LogP contribution in [0.25, 0.3) is 0 Å². The summed E-state index contributed by atoms with van der Waals surface area (Å²) < 4.78 is 11.2. The van der Waals surface area contributed by atoms with Gasteiger partial charge in [0, 0.05) is 49.0 Å². The molecule has 0 radical (unpaired) electrons. The smallest absolute Gasteiger partial charge is 0.0900 e. The lowest BCUT2D eigenvalue weighted by molar-refractivity contribution is -0.0574. The highest BCUT2D eigenvalue weighted by atomic mass is 32.1. The second kappa shape index (κ2) is 10.00. The molecule has 6 heteroatoms. The molecule has 1 aliphatic heterocycles. The summed E-state index contributed by atoms with van der Waals surface area (Å²) in [6.07, 6.45) is -0.468. The van der Waals surface area contributed by atoms with Gasteiger partial charge in [-0.3, -0.25) is 9.80 Å². The molecule has 1 fully saturated rings. The average Bonchev–Trinajstić information content (AvgIpc) is 2.96. The lowest BCUT2D eigenvalue weighted by atomic mass is 10.2. The van der Waals surface area contributed by atoms with E-state index in [1.54, 1.807) is 0 Å². The van der Waals surface area contributed by atoms with Gasteiger partial charge in [0.2, 0.25) is 0 Å². The van der Waals surface area contributed by atoms with Crippen LogP contribution in [0.1, 0.15) is 30.5 Å². The molecule has 144 valence electrons. The van der Waals surface area contributed by atoms with Gasteiger partial charge in [0.25, 0.3) is 0 Å². The Labute approximate surface area is 156 Å². The van der Waals surface area contributed by atoms with Gasteiger partial charge < -0.3 is 14.6 Å². The zero-order valence-corrected chi connectivity index (χ0v) is 17.0. The van der Waals surface area contributed by atoms with Crippen molar-refractivity contribution < 1.29 is 14.6 Å². The van der Waals surface area contributed by atoms with Gasteiger partial charge in [0.05, 0.1) is 31.5 Å². The predicted molar refractivity (Wildman–Crippen MR) is 103 cm³/mol. The molecule has 1 saturated heterocycles. The maximum absolute atomic E-state index is 10.4. The molecule has 5 nitrogen and oxygen atoms in total. The fourth-order valence-corrected chi connectivity index (χ4v) is 3.76. The Bertz CT molecular complexity index is 495. The first-order chi connectivity index (χ1) is 11.8. The normalized spacial score (nSPS) is 18.0. The van der Waals surface area contributed by atoms with Crippen molar-refractivity contribution >= 4 is 11.3 Å². The van der Waals surface area contributed by atoms with E-state index in [-0.39, 0.29) is 5.60 Å². The topological polar surface area (TPSA) is 45.2 Å². The first kappa shape index (κ1) is 20.8. The second-order valence-corrected chi connectivity index (χ2v) is 9.15. The molecule has 0 aliphatic carbocycles. The zero-order chi connectivity index (χ0) is 18.3. The van der Waals surface area contributed by atoms with Gasteiger partial charge in [-0.1, -0.05) is 0 Å². The van der Waals surface area contributed by atoms with Crippen LogP contribution in [0.15, 0.2) is 12.1 Å². The summed E-state index contributed by atoms with van der Waals surface area (Å²) >= 11 is 1.83. The number of morpholine rings is 1. The molecule has 1 unspecified atom stereocenters. The lowest BCUT2D eigenvalue weighted by Gasteiger charge is -2.31. The number of thiophene rings is 1. The van der Waals surface area contributed by atoms with Crippen LogP contribution in [0.3, 0.4) is 0 Å². The van der Waals surface area contributed by atoms with Crippen molar-refractivity contribution in [1.29, 1.82) is 0 Å². The van der Waals surface area contributed by atoms with E-state index >= 15 is 0 Å². The fourth-order valence-electron chi connectivity index (χ4n) is 2.83. The third-order valence-electron chi connectivity index (χ3n) is 4.19. The SMILES string of the molecule is Cc1ccc(CN(CCN2CCOCC2)CC(O)COC(C)(C)C)s1. The Morgan fingerprint density at radius 3 is 2.64 bits per heavy atom. The first-order valence-corrected chi connectivity index (χ1v) is 10.0. The third kappa shape index (κ3) is 8.62. The first-order valence-electron chi connectivity index (χ1n) is 9.21. The molecule has 1 atom stereocenters. The maximum Gasteiger partial charge on any atom is 0.0900 e. The van der Waals surface area contributed by atoms with Crippen LogP contribution < -0.4 is 0 Å². The van der Waals surface area contributed by atoms with Gasteiger partial charge in [-0.05, 0) is 39.8 Å². The molecule has 1 aromatic heterocycles. The third-order valence-corrected chi connectivity index (χ3v) is 5.17. The van der Waals surface area contributed by atoms with Crippen LogP contribution in [0.4, 0.5) is 0 Å². The van der Waals surface area contributed by atoms with Gasteiger partial charge >= 0.3 is 0 Å². The maximum atomic E-state index is 10.4.